The third-order valence-electron chi connectivity index (χ3n) is 8.96. The summed E-state index contributed by atoms with van der Waals surface area (Å²) in [4.78, 5) is 17.1. The smallest absolute Gasteiger partial charge is 0.345 e. The van der Waals surface area contributed by atoms with Crippen LogP contribution < -0.4 is 4.74 Å². The van der Waals surface area contributed by atoms with Crippen LogP contribution in [0.4, 0.5) is 0 Å². The van der Waals surface area contributed by atoms with Gasteiger partial charge in [-0.3, -0.25) is 0 Å². The molecule has 0 aromatic heterocycles. The highest BCUT2D eigenvalue weighted by atomic mass is 32.2. The highest BCUT2D eigenvalue weighted by Crippen LogP contribution is 2.53. The molecule has 2 bridgehead atoms. The van der Waals surface area contributed by atoms with Gasteiger partial charge >= 0.3 is 5.97 Å². The van der Waals surface area contributed by atoms with Crippen LogP contribution in [0.2, 0.25) is 0 Å². The molecule has 4 unspecified atom stereocenters. The molecule has 4 heteroatoms. The first kappa shape index (κ1) is 29.1. The minimum Gasteiger partial charge on any atom is -0.481 e. The number of rotatable bonds is 8. The molecule has 218 valence electrons. The summed E-state index contributed by atoms with van der Waals surface area (Å²) in [6.07, 6.45) is 4.78. The van der Waals surface area contributed by atoms with E-state index in [1.54, 1.807) is 0 Å². The number of hydrogen-bond donors (Lipinski definition) is 0. The minimum absolute atomic E-state index is 0.145. The summed E-state index contributed by atoms with van der Waals surface area (Å²) in [6.45, 7) is 5.97. The fourth-order valence-electron chi connectivity index (χ4n) is 7.01. The molecule has 4 atom stereocenters. The maximum Gasteiger partial charge on any atom is 0.345 e. The molecule has 3 nitrogen and oxygen atoms in total. The fraction of sp³-hybridized carbons (Fsp3) is 0.308. The van der Waals surface area contributed by atoms with Crippen molar-refractivity contribution in [2.45, 2.75) is 66.7 Å². The number of esters is 1. The number of benzene rings is 4. The van der Waals surface area contributed by atoms with E-state index in [1.165, 1.54) is 33.9 Å². The quantitative estimate of drug-likeness (QED) is 0.118. The molecule has 2 fully saturated rings. The molecule has 4 aromatic rings. The molecule has 0 aliphatic heterocycles. The molecule has 2 aliphatic rings. The van der Waals surface area contributed by atoms with E-state index < -0.39 is 5.60 Å². The first-order valence-electron chi connectivity index (χ1n) is 15.3. The van der Waals surface area contributed by atoms with Crippen molar-refractivity contribution in [3.8, 4) is 17.6 Å². The fourth-order valence-corrected chi connectivity index (χ4v) is 9.27. The zero-order valence-corrected chi connectivity index (χ0v) is 26.0. The summed E-state index contributed by atoms with van der Waals surface area (Å²) in [5.74, 6) is 8.60. The van der Waals surface area contributed by atoms with Gasteiger partial charge in [-0.2, -0.15) is 0 Å². The first-order valence-corrected chi connectivity index (χ1v) is 16.5. The number of carbonyl (C=O) groups is 1. The molecule has 6 rings (SSSR count). The highest BCUT2D eigenvalue weighted by Gasteiger charge is 2.50. The number of ether oxygens (including phenoxy) is 2. The van der Waals surface area contributed by atoms with Gasteiger partial charge in [-0.15, -0.1) is 0 Å². The van der Waals surface area contributed by atoms with E-state index in [4.69, 9.17) is 9.47 Å². The normalized spacial score (nSPS) is 20.2. The Labute approximate surface area is 259 Å². The van der Waals surface area contributed by atoms with Gasteiger partial charge in [-0.05, 0) is 105 Å². The lowest BCUT2D eigenvalue weighted by Gasteiger charge is -2.35. The Morgan fingerprint density at radius 3 is 1.93 bits per heavy atom. The molecule has 2 aliphatic carbocycles. The third kappa shape index (κ3) is 6.53. The third-order valence-corrected chi connectivity index (χ3v) is 11.2. The number of hydrogen-bond acceptors (Lipinski definition) is 3. The Morgan fingerprint density at radius 1 is 0.814 bits per heavy atom. The van der Waals surface area contributed by atoms with E-state index >= 15 is 0 Å². The summed E-state index contributed by atoms with van der Waals surface area (Å²) in [5, 5.41) is 0. The summed E-state index contributed by atoms with van der Waals surface area (Å²) in [7, 11) is -0.253. The standard InChI is InChI=1S/C39H39O3S/c1-28-23-35(43(33-15-9-5-10-16-33)34-17-11-6-12-18-34)24-29(2)38(28)41-27-37(40)42-39(3,22-21-30-13-7-4-8-14-30)36-26-31-19-20-32(36)25-31/h4-18,23-24,31-32,36H,19-20,25-27H2,1-3H3/q+1. The van der Waals surface area contributed by atoms with Crippen molar-refractivity contribution in [1.82, 2.24) is 0 Å². The van der Waals surface area contributed by atoms with Crippen molar-refractivity contribution >= 4 is 16.9 Å². The zero-order chi connectivity index (χ0) is 29.8. The van der Waals surface area contributed by atoms with Crippen LogP contribution in [0.1, 0.15) is 49.3 Å². The molecule has 2 saturated carbocycles. The molecule has 0 N–H and O–H groups in total. The molecule has 0 amide bonds. The van der Waals surface area contributed by atoms with Crippen LogP contribution in [0.3, 0.4) is 0 Å². The SMILES string of the molecule is Cc1cc([S+](c2ccccc2)c2ccccc2)cc(C)c1OCC(=O)OC(C)(C#Cc1ccccc1)C1CC2CCC1C2. The lowest BCUT2D eigenvalue weighted by Crippen LogP contribution is -2.42. The minimum atomic E-state index is -0.843. The number of fused-ring (bicyclic) bond motifs is 2. The summed E-state index contributed by atoms with van der Waals surface area (Å²) >= 11 is 0. The van der Waals surface area contributed by atoms with Crippen molar-refractivity contribution in [3.05, 3.63) is 120 Å². The Kier molecular flexibility index (Phi) is 8.63. The molecular weight excluding hydrogens is 548 g/mol. The topological polar surface area (TPSA) is 35.5 Å². The van der Waals surface area contributed by atoms with Gasteiger partial charge in [0.2, 0.25) is 0 Å². The Bertz CT molecular complexity index is 1560. The van der Waals surface area contributed by atoms with Gasteiger partial charge in [-0.1, -0.05) is 66.9 Å². The van der Waals surface area contributed by atoms with Crippen LogP contribution >= 0.6 is 0 Å². The van der Waals surface area contributed by atoms with Crippen molar-refractivity contribution in [3.63, 3.8) is 0 Å². The van der Waals surface area contributed by atoms with E-state index in [0.717, 1.165) is 34.8 Å². The second-order valence-electron chi connectivity index (χ2n) is 12.1. The average molecular weight is 588 g/mol. The van der Waals surface area contributed by atoms with Crippen molar-refractivity contribution < 1.29 is 14.3 Å². The zero-order valence-electron chi connectivity index (χ0n) is 25.2. The lowest BCUT2D eigenvalue weighted by molar-refractivity contribution is -0.161. The second-order valence-corrected chi connectivity index (χ2v) is 14.1. The van der Waals surface area contributed by atoms with Crippen LogP contribution in [-0.4, -0.2) is 18.2 Å². The van der Waals surface area contributed by atoms with Crippen LogP contribution in [0.5, 0.6) is 5.75 Å². The van der Waals surface area contributed by atoms with E-state index in [-0.39, 0.29) is 29.4 Å². The largest absolute Gasteiger partial charge is 0.481 e. The molecule has 43 heavy (non-hydrogen) atoms. The monoisotopic (exact) mass is 587 g/mol. The van der Waals surface area contributed by atoms with Gasteiger partial charge in [0.25, 0.3) is 0 Å². The maximum atomic E-state index is 13.4. The summed E-state index contributed by atoms with van der Waals surface area (Å²) in [5.41, 5.74) is 2.10. The highest BCUT2D eigenvalue weighted by molar-refractivity contribution is 7.97. The molecule has 4 aromatic carbocycles. The van der Waals surface area contributed by atoms with Gasteiger partial charge < -0.3 is 9.47 Å². The summed E-state index contributed by atoms with van der Waals surface area (Å²) in [6, 6.07) is 35.6. The lowest BCUT2D eigenvalue weighted by atomic mass is 9.77. The van der Waals surface area contributed by atoms with Crippen LogP contribution in [0.15, 0.2) is 118 Å². The van der Waals surface area contributed by atoms with E-state index in [1.807, 2.05) is 37.3 Å². The van der Waals surface area contributed by atoms with Crippen LogP contribution in [0, 0.1) is 43.4 Å². The molecular formula is C39H39O3S+. The van der Waals surface area contributed by atoms with E-state index in [9.17, 15) is 4.79 Å². The van der Waals surface area contributed by atoms with E-state index in [2.05, 4.69) is 98.5 Å². The van der Waals surface area contributed by atoms with Gasteiger partial charge in [0, 0.05) is 23.6 Å². The molecule has 0 spiro atoms. The predicted octanol–water partition coefficient (Wildman–Crippen LogP) is 8.57. The predicted molar refractivity (Wildman–Crippen MR) is 173 cm³/mol. The number of carbonyl (C=O) groups excluding carboxylic acids is 1. The van der Waals surface area contributed by atoms with Gasteiger partial charge in [0.15, 0.2) is 26.9 Å². The molecule has 0 saturated heterocycles. The van der Waals surface area contributed by atoms with Crippen molar-refractivity contribution in [1.29, 1.82) is 0 Å². The Morgan fingerprint density at radius 2 is 1.40 bits per heavy atom. The van der Waals surface area contributed by atoms with Gasteiger partial charge in [-0.25, -0.2) is 4.79 Å². The van der Waals surface area contributed by atoms with Gasteiger partial charge in [0.1, 0.15) is 5.75 Å². The van der Waals surface area contributed by atoms with Crippen molar-refractivity contribution in [2.24, 2.45) is 17.8 Å². The van der Waals surface area contributed by atoms with E-state index in [0.29, 0.717) is 5.92 Å². The average Bonchev–Trinajstić information content (AvgIpc) is 3.66. The van der Waals surface area contributed by atoms with Crippen molar-refractivity contribution in [2.75, 3.05) is 6.61 Å². The number of aryl methyl sites for hydroxylation is 2. The second kappa shape index (κ2) is 12.7. The molecule has 0 radical (unpaired) electrons. The molecule has 0 heterocycles. The van der Waals surface area contributed by atoms with Crippen LogP contribution in [0.25, 0.3) is 0 Å². The van der Waals surface area contributed by atoms with Crippen LogP contribution in [-0.2, 0) is 20.4 Å². The first-order chi connectivity index (χ1) is 20.9. The maximum absolute atomic E-state index is 13.4. The Hall–Kier alpha value is -3.94. The Balaban J connectivity index is 1.21. The summed E-state index contributed by atoms with van der Waals surface area (Å²) < 4.78 is 12.4. The van der Waals surface area contributed by atoms with Gasteiger partial charge in [0.05, 0.1) is 10.9 Å².